The van der Waals surface area contributed by atoms with E-state index in [9.17, 15) is 0 Å². The SMILES string of the molecule is CC(C)(C)C12CC=CCC1O2. The molecule has 2 rings (SSSR count). The fourth-order valence-electron chi connectivity index (χ4n) is 2.08. The minimum absolute atomic E-state index is 0.196. The summed E-state index contributed by atoms with van der Waals surface area (Å²) in [5.41, 5.74) is 0.504. The highest BCUT2D eigenvalue weighted by molar-refractivity contribution is 5.18. The first kappa shape index (κ1) is 7.35. The molecule has 0 aromatic rings. The summed E-state index contributed by atoms with van der Waals surface area (Å²) in [5.74, 6) is 0. The van der Waals surface area contributed by atoms with Gasteiger partial charge < -0.3 is 4.74 Å². The Hall–Kier alpha value is -0.300. The minimum Gasteiger partial charge on any atom is -0.365 e. The number of fused-ring (bicyclic) bond motifs is 1. The van der Waals surface area contributed by atoms with E-state index in [-0.39, 0.29) is 5.60 Å². The van der Waals surface area contributed by atoms with Gasteiger partial charge >= 0.3 is 0 Å². The van der Waals surface area contributed by atoms with Crippen molar-refractivity contribution in [3.05, 3.63) is 12.2 Å². The molecule has 0 bridgehead atoms. The van der Waals surface area contributed by atoms with Crippen LogP contribution >= 0.6 is 0 Å². The molecule has 2 atom stereocenters. The Bertz CT molecular complexity index is 199. The Morgan fingerprint density at radius 3 is 2.55 bits per heavy atom. The number of hydrogen-bond donors (Lipinski definition) is 0. The van der Waals surface area contributed by atoms with Gasteiger partial charge in [0.05, 0.1) is 6.10 Å². The maximum absolute atomic E-state index is 5.77. The van der Waals surface area contributed by atoms with Crippen molar-refractivity contribution in [2.24, 2.45) is 5.41 Å². The van der Waals surface area contributed by atoms with Gasteiger partial charge in [-0.15, -0.1) is 0 Å². The zero-order chi connectivity index (χ0) is 8.11. The summed E-state index contributed by atoms with van der Waals surface area (Å²) < 4.78 is 5.77. The summed E-state index contributed by atoms with van der Waals surface area (Å²) in [6, 6.07) is 0. The quantitative estimate of drug-likeness (QED) is 0.384. The lowest BCUT2D eigenvalue weighted by atomic mass is 9.74. The van der Waals surface area contributed by atoms with Crippen LogP contribution in [0.4, 0.5) is 0 Å². The molecule has 0 radical (unpaired) electrons. The number of rotatable bonds is 0. The van der Waals surface area contributed by atoms with Gasteiger partial charge in [-0.25, -0.2) is 0 Å². The van der Waals surface area contributed by atoms with E-state index < -0.39 is 0 Å². The van der Waals surface area contributed by atoms with Crippen molar-refractivity contribution in [2.45, 2.75) is 45.3 Å². The fourth-order valence-corrected chi connectivity index (χ4v) is 2.08. The smallest absolute Gasteiger partial charge is 0.103 e. The van der Waals surface area contributed by atoms with Gasteiger partial charge in [-0.3, -0.25) is 0 Å². The molecular formula is C10H16O. The molecule has 2 unspecified atom stereocenters. The summed E-state index contributed by atoms with van der Waals surface area (Å²) in [5, 5.41) is 0. The topological polar surface area (TPSA) is 12.5 Å². The van der Waals surface area contributed by atoms with Crippen LogP contribution in [0.3, 0.4) is 0 Å². The molecule has 1 nitrogen and oxygen atoms in total. The third-order valence-electron chi connectivity index (χ3n) is 3.02. The second-order valence-electron chi connectivity index (χ2n) is 4.66. The summed E-state index contributed by atoms with van der Waals surface area (Å²) in [4.78, 5) is 0. The zero-order valence-electron chi connectivity index (χ0n) is 7.55. The molecule has 0 saturated carbocycles. The molecule has 0 aromatic carbocycles. The van der Waals surface area contributed by atoms with Crippen molar-refractivity contribution in [1.29, 1.82) is 0 Å². The molecule has 2 aliphatic rings. The molecule has 1 aliphatic heterocycles. The first-order valence-electron chi connectivity index (χ1n) is 4.39. The Labute approximate surface area is 68.4 Å². The molecule has 0 N–H and O–H groups in total. The highest BCUT2D eigenvalue weighted by atomic mass is 16.6. The second-order valence-corrected chi connectivity index (χ2v) is 4.66. The van der Waals surface area contributed by atoms with E-state index in [1.54, 1.807) is 0 Å². The Morgan fingerprint density at radius 2 is 2.09 bits per heavy atom. The van der Waals surface area contributed by atoms with Gasteiger partial charge in [0.25, 0.3) is 0 Å². The van der Waals surface area contributed by atoms with Gasteiger partial charge in [-0.05, 0) is 18.3 Å². The van der Waals surface area contributed by atoms with E-state index in [4.69, 9.17) is 4.74 Å². The van der Waals surface area contributed by atoms with Crippen LogP contribution in [0.5, 0.6) is 0 Å². The Kier molecular flexibility index (Phi) is 1.26. The van der Waals surface area contributed by atoms with Gasteiger partial charge in [0.15, 0.2) is 0 Å². The van der Waals surface area contributed by atoms with Crippen molar-refractivity contribution in [3.8, 4) is 0 Å². The average Bonchev–Trinajstić information content (AvgIpc) is 2.59. The van der Waals surface area contributed by atoms with Crippen molar-refractivity contribution in [3.63, 3.8) is 0 Å². The lowest BCUT2D eigenvalue weighted by Crippen LogP contribution is -2.33. The minimum atomic E-state index is 0.196. The molecule has 0 aromatic heterocycles. The van der Waals surface area contributed by atoms with Crippen LogP contribution < -0.4 is 0 Å². The molecule has 1 aliphatic carbocycles. The van der Waals surface area contributed by atoms with Crippen molar-refractivity contribution >= 4 is 0 Å². The molecule has 11 heavy (non-hydrogen) atoms. The van der Waals surface area contributed by atoms with Gasteiger partial charge in [-0.2, -0.15) is 0 Å². The van der Waals surface area contributed by atoms with Crippen LogP contribution in [-0.4, -0.2) is 11.7 Å². The van der Waals surface area contributed by atoms with E-state index in [1.165, 1.54) is 0 Å². The second kappa shape index (κ2) is 1.89. The normalized spacial score (nSPS) is 41.9. The van der Waals surface area contributed by atoms with Gasteiger partial charge in [0.1, 0.15) is 5.60 Å². The molecule has 62 valence electrons. The van der Waals surface area contributed by atoms with Crippen LogP contribution in [0.2, 0.25) is 0 Å². The van der Waals surface area contributed by atoms with Crippen LogP contribution in [0.15, 0.2) is 12.2 Å². The molecule has 0 spiro atoms. The van der Waals surface area contributed by atoms with Crippen LogP contribution in [0.25, 0.3) is 0 Å². The summed E-state index contributed by atoms with van der Waals surface area (Å²) in [6.45, 7) is 6.81. The molecule has 1 fully saturated rings. The number of ether oxygens (including phenoxy) is 1. The predicted octanol–water partition coefficient (Wildman–Crippen LogP) is 2.52. The van der Waals surface area contributed by atoms with Gasteiger partial charge in [0, 0.05) is 0 Å². The van der Waals surface area contributed by atoms with Crippen LogP contribution in [-0.2, 0) is 4.74 Å². The standard InChI is InChI=1S/C10H16O/c1-9(2,3)10-7-5-4-6-8(10)11-10/h4-5,8H,6-7H2,1-3H3. The first-order chi connectivity index (χ1) is 5.06. The highest BCUT2D eigenvalue weighted by Crippen LogP contribution is 2.55. The van der Waals surface area contributed by atoms with E-state index in [0.717, 1.165) is 12.8 Å². The lowest BCUT2D eigenvalue weighted by Gasteiger charge is -2.28. The average molecular weight is 152 g/mol. The fraction of sp³-hybridized carbons (Fsp3) is 0.800. The monoisotopic (exact) mass is 152 g/mol. The zero-order valence-corrected chi connectivity index (χ0v) is 7.55. The van der Waals surface area contributed by atoms with Crippen molar-refractivity contribution in [1.82, 2.24) is 0 Å². The number of epoxide rings is 1. The van der Waals surface area contributed by atoms with Crippen molar-refractivity contribution in [2.75, 3.05) is 0 Å². The Balaban J connectivity index is 2.21. The lowest BCUT2D eigenvalue weighted by molar-refractivity contribution is 0.157. The van der Waals surface area contributed by atoms with Crippen LogP contribution in [0.1, 0.15) is 33.6 Å². The van der Waals surface area contributed by atoms with E-state index in [1.807, 2.05) is 0 Å². The summed E-state index contributed by atoms with van der Waals surface area (Å²) >= 11 is 0. The van der Waals surface area contributed by atoms with E-state index in [2.05, 4.69) is 32.9 Å². The summed E-state index contributed by atoms with van der Waals surface area (Å²) in [7, 11) is 0. The molecule has 1 heteroatoms. The maximum atomic E-state index is 5.77. The van der Waals surface area contributed by atoms with E-state index >= 15 is 0 Å². The number of hydrogen-bond acceptors (Lipinski definition) is 1. The van der Waals surface area contributed by atoms with Gasteiger partial charge in [0.2, 0.25) is 0 Å². The van der Waals surface area contributed by atoms with Crippen LogP contribution in [0, 0.1) is 5.41 Å². The molecular weight excluding hydrogens is 136 g/mol. The maximum Gasteiger partial charge on any atom is 0.103 e. The largest absolute Gasteiger partial charge is 0.365 e. The predicted molar refractivity (Wildman–Crippen MR) is 45.4 cm³/mol. The van der Waals surface area contributed by atoms with Crippen molar-refractivity contribution < 1.29 is 4.74 Å². The molecule has 0 amide bonds. The third kappa shape index (κ3) is 0.871. The van der Waals surface area contributed by atoms with E-state index in [0.29, 0.717) is 11.5 Å². The molecule has 1 saturated heterocycles. The third-order valence-corrected chi connectivity index (χ3v) is 3.02. The Morgan fingerprint density at radius 1 is 1.36 bits per heavy atom. The first-order valence-corrected chi connectivity index (χ1v) is 4.39. The summed E-state index contributed by atoms with van der Waals surface area (Å²) in [6.07, 6.45) is 7.25. The molecule has 1 heterocycles. The highest BCUT2D eigenvalue weighted by Gasteiger charge is 2.62. The van der Waals surface area contributed by atoms with Gasteiger partial charge in [-0.1, -0.05) is 32.9 Å².